The zero-order valence-electron chi connectivity index (χ0n) is 16.5. The summed E-state index contributed by atoms with van der Waals surface area (Å²) in [5, 5.41) is 0. The Morgan fingerprint density at radius 3 is 1.81 bits per heavy atom. The SMILES string of the molecule is CCCCCCCCN(Cc1ccc(OC)cc1)c1ccc(OC)cc1. The minimum Gasteiger partial charge on any atom is -0.497 e. The number of rotatable bonds is 12. The number of methoxy groups -OCH3 is 2. The third-order valence-electron chi connectivity index (χ3n) is 4.75. The van der Waals surface area contributed by atoms with Gasteiger partial charge >= 0.3 is 0 Å². The third kappa shape index (κ3) is 6.62. The number of hydrogen-bond acceptors (Lipinski definition) is 3. The minimum absolute atomic E-state index is 0.901. The van der Waals surface area contributed by atoms with Crippen molar-refractivity contribution in [1.29, 1.82) is 0 Å². The molecule has 0 atom stereocenters. The molecule has 0 aliphatic heterocycles. The lowest BCUT2D eigenvalue weighted by molar-refractivity contribution is 0.414. The van der Waals surface area contributed by atoms with Crippen molar-refractivity contribution >= 4 is 5.69 Å². The number of anilines is 1. The van der Waals surface area contributed by atoms with E-state index in [1.807, 2.05) is 24.3 Å². The van der Waals surface area contributed by atoms with Crippen molar-refractivity contribution in [3.63, 3.8) is 0 Å². The summed E-state index contributed by atoms with van der Waals surface area (Å²) in [7, 11) is 3.41. The van der Waals surface area contributed by atoms with Crippen LogP contribution in [0.5, 0.6) is 11.5 Å². The Morgan fingerprint density at radius 2 is 1.23 bits per heavy atom. The molecule has 0 heterocycles. The number of unbranched alkanes of at least 4 members (excludes halogenated alkanes) is 5. The molecule has 0 aliphatic rings. The molecule has 0 radical (unpaired) electrons. The van der Waals surface area contributed by atoms with Gasteiger partial charge in [-0.25, -0.2) is 0 Å². The van der Waals surface area contributed by atoms with Gasteiger partial charge in [0.05, 0.1) is 14.2 Å². The molecule has 2 aromatic carbocycles. The molecule has 0 saturated heterocycles. The van der Waals surface area contributed by atoms with E-state index in [0.717, 1.165) is 24.6 Å². The van der Waals surface area contributed by atoms with Gasteiger partial charge in [-0.3, -0.25) is 0 Å². The molecule has 0 aliphatic carbocycles. The van der Waals surface area contributed by atoms with Crippen LogP contribution in [-0.2, 0) is 6.54 Å². The van der Waals surface area contributed by atoms with Gasteiger partial charge in [0.25, 0.3) is 0 Å². The van der Waals surface area contributed by atoms with Gasteiger partial charge < -0.3 is 14.4 Å². The summed E-state index contributed by atoms with van der Waals surface area (Å²) in [5.74, 6) is 1.80. The van der Waals surface area contributed by atoms with Gasteiger partial charge in [-0.05, 0) is 48.4 Å². The van der Waals surface area contributed by atoms with E-state index in [1.165, 1.54) is 49.8 Å². The van der Waals surface area contributed by atoms with Gasteiger partial charge in [-0.1, -0.05) is 51.2 Å². The van der Waals surface area contributed by atoms with E-state index in [1.54, 1.807) is 14.2 Å². The zero-order chi connectivity index (χ0) is 18.6. The average molecular weight is 356 g/mol. The molecule has 0 aromatic heterocycles. The second-order valence-electron chi connectivity index (χ2n) is 6.74. The molecule has 0 N–H and O–H groups in total. The Hall–Kier alpha value is -2.16. The largest absolute Gasteiger partial charge is 0.497 e. The summed E-state index contributed by atoms with van der Waals surface area (Å²) in [6, 6.07) is 16.7. The van der Waals surface area contributed by atoms with Gasteiger partial charge in [0.2, 0.25) is 0 Å². The predicted octanol–water partition coefficient (Wildman–Crippen LogP) is 6.07. The van der Waals surface area contributed by atoms with Gasteiger partial charge in [0.15, 0.2) is 0 Å². The molecule has 2 aromatic rings. The molecule has 0 unspecified atom stereocenters. The van der Waals surface area contributed by atoms with E-state index < -0.39 is 0 Å². The fourth-order valence-corrected chi connectivity index (χ4v) is 3.13. The van der Waals surface area contributed by atoms with Crippen molar-refractivity contribution in [2.75, 3.05) is 25.7 Å². The van der Waals surface area contributed by atoms with Crippen molar-refractivity contribution in [3.8, 4) is 11.5 Å². The monoisotopic (exact) mass is 355 g/mol. The van der Waals surface area contributed by atoms with Crippen LogP contribution in [0, 0.1) is 0 Å². The van der Waals surface area contributed by atoms with Crippen LogP contribution in [0.2, 0.25) is 0 Å². The van der Waals surface area contributed by atoms with Crippen LogP contribution in [0.3, 0.4) is 0 Å². The highest BCUT2D eigenvalue weighted by Gasteiger charge is 2.08. The Kier molecular flexibility index (Phi) is 8.88. The summed E-state index contributed by atoms with van der Waals surface area (Å²) in [6.45, 7) is 4.25. The van der Waals surface area contributed by atoms with Gasteiger partial charge in [-0.15, -0.1) is 0 Å². The maximum Gasteiger partial charge on any atom is 0.119 e. The Balaban J connectivity index is 1.99. The first-order valence-electron chi connectivity index (χ1n) is 9.78. The molecule has 0 bridgehead atoms. The molecule has 3 nitrogen and oxygen atoms in total. The number of benzene rings is 2. The van der Waals surface area contributed by atoms with E-state index in [0.29, 0.717) is 0 Å². The molecule has 0 saturated carbocycles. The van der Waals surface area contributed by atoms with Gasteiger partial charge in [0, 0.05) is 18.8 Å². The number of nitrogens with zero attached hydrogens (tertiary/aromatic N) is 1. The van der Waals surface area contributed by atoms with Crippen LogP contribution < -0.4 is 14.4 Å². The van der Waals surface area contributed by atoms with Crippen molar-refractivity contribution in [2.24, 2.45) is 0 Å². The fourth-order valence-electron chi connectivity index (χ4n) is 3.13. The molecule has 0 fully saturated rings. The van der Waals surface area contributed by atoms with E-state index in [4.69, 9.17) is 9.47 Å². The molecule has 0 spiro atoms. The summed E-state index contributed by atoms with van der Waals surface area (Å²) >= 11 is 0. The quantitative estimate of drug-likeness (QED) is 0.431. The standard InChI is InChI=1S/C23H33NO2/c1-4-5-6-7-8-9-18-24(21-12-16-23(26-3)17-13-21)19-20-10-14-22(25-2)15-11-20/h10-17H,4-9,18-19H2,1-3H3. The minimum atomic E-state index is 0.901. The van der Waals surface area contributed by atoms with Crippen LogP contribution in [-0.4, -0.2) is 20.8 Å². The average Bonchev–Trinajstić information content (AvgIpc) is 2.70. The predicted molar refractivity (Wildman–Crippen MR) is 110 cm³/mol. The first-order chi connectivity index (χ1) is 12.8. The lowest BCUT2D eigenvalue weighted by Gasteiger charge is -2.25. The fraction of sp³-hybridized carbons (Fsp3) is 0.478. The van der Waals surface area contributed by atoms with E-state index in [-0.39, 0.29) is 0 Å². The summed E-state index contributed by atoms with van der Waals surface area (Å²) < 4.78 is 10.6. The highest BCUT2D eigenvalue weighted by molar-refractivity contribution is 5.49. The highest BCUT2D eigenvalue weighted by Crippen LogP contribution is 2.23. The van der Waals surface area contributed by atoms with E-state index in [2.05, 4.69) is 36.1 Å². The van der Waals surface area contributed by atoms with Gasteiger partial charge in [-0.2, -0.15) is 0 Å². The highest BCUT2D eigenvalue weighted by atomic mass is 16.5. The van der Waals surface area contributed by atoms with Crippen molar-refractivity contribution in [3.05, 3.63) is 54.1 Å². The zero-order valence-corrected chi connectivity index (χ0v) is 16.5. The van der Waals surface area contributed by atoms with Gasteiger partial charge in [0.1, 0.15) is 11.5 Å². The maximum atomic E-state index is 5.30. The maximum absolute atomic E-state index is 5.30. The van der Waals surface area contributed by atoms with E-state index in [9.17, 15) is 0 Å². The normalized spacial score (nSPS) is 10.6. The Bertz CT molecular complexity index is 607. The Morgan fingerprint density at radius 1 is 0.692 bits per heavy atom. The first-order valence-corrected chi connectivity index (χ1v) is 9.78. The second kappa shape index (κ2) is 11.5. The van der Waals surface area contributed by atoms with Crippen LogP contribution in [0.4, 0.5) is 5.69 Å². The molecular weight excluding hydrogens is 322 g/mol. The summed E-state index contributed by atoms with van der Waals surface area (Å²) in [5.41, 5.74) is 2.54. The number of ether oxygens (including phenoxy) is 2. The van der Waals surface area contributed by atoms with Crippen LogP contribution in [0.15, 0.2) is 48.5 Å². The molecule has 0 amide bonds. The topological polar surface area (TPSA) is 21.7 Å². The van der Waals surface area contributed by atoms with Crippen LogP contribution in [0.25, 0.3) is 0 Å². The third-order valence-corrected chi connectivity index (χ3v) is 4.75. The summed E-state index contributed by atoms with van der Waals surface area (Å²) in [4.78, 5) is 2.46. The lowest BCUT2D eigenvalue weighted by atomic mass is 10.1. The van der Waals surface area contributed by atoms with Crippen molar-refractivity contribution < 1.29 is 9.47 Å². The molecule has 26 heavy (non-hydrogen) atoms. The number of hydrogen-bond donors (Lipinski definition) is 0. The van der Waals surface area contributed by atoms with E-state index >= 15 is 0 Å². The van der Waals surface area contributed by atoms with Crippen LogP contribution in [0.1, 0.15) is 51.0 Å². The molecule has 142 valence electrons. The second-order valence-corrected chi connectivity index (χ2v) is 6.74. The molecule has 2 rings (SSSR count). The first kappa shape index (κ1) is 20.2. The van der Waals surface area contributed by atoms with Crippen molar-refractivity contribution in [1.82, 2.24) is 0 Å². The smallest absolute Gasteiger partial charge is 0.119 e. The Labute approximate surface area is 158 Å². The lowest BCUT2D eigenvalue weighted by Crippen LogP contribution is -2.23. The molecule has 3 heteroatoms. The summed E-state index contributed by atoms with van der Waals surface area (Å²) in [6.07, 6.45) is 7.88. The van der Waals surface area contributed by atoms with Crippen LogP contribution >= 0.6 is 0 Å². The van der Waals surface area contributed by atoms with Crippen molar-refractivity contribution in [2.45, 2.75) is 52.0 Å². The molecular formula is C23H33NO2.